The Balaban J connectivity index is 1.76. The summed E-state index contributed by atoms with van der Waals surface area (Å²) in [6, 6.07) is 10.7. The fourth-order valence-corrected chi connectivity index (χ4v) is 2.85. The smallest absolute Gasteiger partial charge is 0.125 e. The van der Waals surface area contributed by atoms with Crippen LogP contribution in [-0.4, -0.2) is 5.11 Å². The third kappa shape index (κ3) is 3.08. The van der Waals surface area contributed by atoms with Gasteiger partial charge in [-0.1, -0.05) is 18.2 Å². The summed E-state index contributed by atoms with van der Waals surface area (Å²) in [5.41, 5.74) is 4.43. The predicted octanol–water partition coefficient (Wildman–Crippen LogP) is 3.95. The Bertz CT molecular complexity index is 650. The van der Waals surface area contributed by atoms with E-state index in [-0.39, 0.29) is 5.82 Å². The molecule has 0 amide bonds. The van der Waals surface area contributed by atoms with Gasteiger partial charge in [0.1, 0.15) is 18.2 Å². The lowest BCUT2D eigenvalue weighted by atomic mass is 10.1. The lowest BCUT2D eigenvalue weighted by Gasteiger charge is -2.14. The molecule has 1 unspecified atom stereocenters. The van der Waals surface area contributed by atoms with Crippen LogP contribution in [0.25, 0.3) is 0 Å². The molecule has 0 aliphatic heterocycles. The van der Waals surface area contributed by atoms with Crippen molar-refractivity contribution in [3.05, 3.63) is 64.5 Å². The van der Waals surface area contributed by atoms with Crippen LogP contribution >= 0.6 is 0 Å². The zero-order valence-corrected chi connectivity index (χ0v) is 12.1. The zero-order chi connectivity index (χ0) is 14.8. The third-order valence-electron chi connectivity index (χ3n) is 3.98. The number of benzene rings is 2. The molecule has 0 saturated carbocycles. The fourth-order valence-electron chi connectivity index (χ4n) is 2.85. The second kappa shape index (κ2) is 5.86. The third-order valence-corrected chi connectivity index (χ3v) is 3.98. The highest BCUT2D eigenvalue weighted by molar-refractivity contribution is 5.37. The van der Waals surface area contributed by atoms with Gasteiger partial charge in [0, 0.05) is 5.56 Å². The highest BCUT2D eigenvalue weighted by Gasteiger charge is 2.13. The van der Waals surface area contributed by atoms with Gasteiger partial charge in [-0.2, -0.15) is 0 Å². The van der Waals surface area contributed by atoms with Gasteiger partial charge in [0.05, 0.1) is 6.10 Å². The van der Waals surface area contributed by atoms with Gasteiger partial charge >= 0.3 is 0 Å². The van der Waals surface area contributed by atoms with Gasteiger partial charge in [0.25, 0.3) is 0 Å². The van der Waals surface area contributed by atoms with Crippen LogP contribution in [0.3, 0.4) is 0 Å². The van der Waals surface area contributed by atoms with E-state index in [9.17, 15) is 9.50 Å². The minimum Gasteiger partial charge on any atom is -0.489 e. The molecule has 2 aromatic rings. The first-order valence-corrected chi connectivity index (χ1v) is 7.34. The van der Waals surface area contributed by atoms with Crippen LogP contribution in [-0.2, 0) is 19.4 Å². The Morgan fingerprint density at radius 1 is 1.14 bits per heavy atom. The molecule has 0 saturated heterocycles. The maximum Gasteiger partial charge on any atom is 0.125 e. The van der Waals surface area contributed by atoms with Crippen LogP contribution in [0.1, 0.15) is 41.7 Å². The van der Waals surface area contributed by atoms with E-state index in [0.29, 0.717) is 17.9 Å². The molecule has 110 valence electrons. The number of aliphatic hydroxyl groups is 1. The molecule has 0 heterocycles. The molecule has 1 N–H and O–H groups in total. The summed E-state index contributed by atoms with van der Waals surface area (Å²) in [5, 5.41) is 9.71. The molecule has 0 radical (unpaired) electrons. The van der Waals surface area contributed by atoms with Gasteiger partial charge in [0.15, 0.2) is 0 Å². The summed E-state index contributed by atoms with van der Waals surface area (Å²) >= 11 is 0. The van der Waals surface area contributed by atoms with Crippen molar-refractivity contribution < 1.29 is 14.2 Å². The minimum atomic E-state index is -0.754. The van der Waals surface area contributed by atoms with E-state index in [2.05, 4.69) is 18.2 Å². The average molecular weight is 286 g/mol. The molecule has 2 aromatic carbocycles. The van der Waals surface area contributed by atoms with Gasteiger partial charge in [-0.3, -0.25) is 0 Å². The van der Waals surface area contributed by atoms with Crippen LogP contribution < -0.4 is 4.74 Å². The van der Waals surface area contributed by atoms with Gasteiger partial charge < -0.3 is 9.84 Å². The number of rotatable bonds is 4. The molecule has 2 nitrogen and oxygen atoms in total. The topological polar surface area (TPSA) is 29.5 Å². The predicted molar refractivity (Wildman–Crippen MR) is 79.8 cm³/mol. The van der Waals surface area contributed by atoms with E-state index in [1.54, 1.807) is 13.0 Å². The lowest BCUT2D eigenvalue weighted by molar-refractivity contribution is 0.189. The van der Waals surface area contributed by atoms with Gasteiger partial charge in [-0.25, -0.2) is 4.39 Å². The first-order valence-electron chi connectivity index (χ1n) is 7.34. The minimum absolute atomic E-state index is 0.365. The molecular formula is C18H19FO2. The normalized spacial score (nSPS) is 14.8. The number of hydrogen-bond donors (Lipinski definition) is 1. The number of hydrogen-bond acceptors (Lipinski definition) is 2. The van der Waals surface area contributed by atoms with Crippen LogP contribution in [0.15, 0.2) is 36.4 Å². The molecule has 0 fully saturated rings. The quantitative estimate of drug-likeness (QED) is 0.922. The molecule has 3 rings (SSSR count). The SMILES string of the molecule is CC(O)c1cc(F)ccc1OCc1ccc2c(c1)CCC2. The Labute approximate surface area is 124 Å². The monoisotopic (exact) mass is 286 g/mol. The lowest BCUT2D eigenvalue weighted by Crippen LogP contribution is -2.02. The molecule has 0 spiro atoms. The van der Waals surface area contributed by atoms with Crippen molar-refractivity contribution in [1.82, 2.24) is 0 Å². The number of halogens is 1. The van der Waals surface area contributed by atoms with Gasteiger partial charge in [-0.05, 0) is 61.1 Å². The Hall–Kier alpha value is -1.87. The molecule has 21 heavy (non-hydrogen) atoms. The maximum absolute atomic E-state index is 13.3. The van der Waals surface area contributed by atoms with E-state index < -0.39 is 6.10 Å². The van der Waals surface area contributed by atoms with Gasteiger partial charge in [-0.15, -0.1) is 0 Å². The molecule has 3 heteroatoms. The standard InChI is InChI=1S/C18H19FO2/c1-12(20)17-10-16(19)7-8-18(17)21-11-13-5-6-14-3-2-4-15(14)9-13/h5-10,12,20H,2-4,11H2,1H3. The van der Waals surface area contributed by atoms with Crippen LogP contribution in [0.2, 0.25) is 0 Å². The fraction of sp³-hybridized carbons (Fsp3) is 0.333. The second-order valence-corrected chi connectivity index (χ2v) is 5.60. The van der Waals surface area contributed by atoms with E-state index in [0.717, 1.165) is 12.0 Å². The largest absolute Gasteiger partial charge is 0.489 e. The van der Waals surface area contributed by atoms with Crippen molar-refractivity contribution in [3.63, 3.8) is 0 Å². The van der Waals surface area contributed by atoms with Crippen molar-refractivity contribution in [2.75, 3.05) is 0 Å². The highest BCUT2D eigenvalue weighted by Crippen LogP contribution is 2.28. The van der Waals surface area contributed by atoms with E-state index in [1.807, 2.05) is 0 Å². The summed E-state index contributed by atoms with van der Waals surface area (Å²) < 4.78 is 19.0. The Morgan fingerprint density at radius 2 is 1.95 bits per heavy atom. The summed E-state index contributed by atoms with van der Waals surface area (Å²) in [5.74, 6) is 0.169. The average Bonchev–Trinajstić information content (AvgIpc) is 2.93. The molecule has 0 aromatic heterocycles. The summed E-state index contributed by atoms with van der Waals surface area (Å²) in [6.45, 7) is 2.04. The first kappa shape index (κ1) is 14.1. The first-order chi connectivity index (χ1) is 10.1. The molecular weight excluding hydrogens is 267 g/mol. The van der Waals surface area contributed by atoms with E-state index >= 15 is 0 Å². The Morgan fingerprint density at radius 3 is 2.76 bits per heavy atom. The molecule has 0 bridgehead atoms. The molecule has 1 aliphatic carbocycles. The van der Waals surface area contributed by atoms with Gasteiger partial charge in [0.2, 0.25) is 0 Å². The summed E-state index contributed by atoms with van der Waals surface area (Å²) in [4.78, 5) is 0. The molecule has 1 aliphatic rings. The summed E-state index contributed by atoms with van der Waals surface area (Å²) in [6.07, 6.45) is 2.78. The van der Waals surface area contributed by atoms with Crippen molar-refractivity contribution in [2.45, 2.75) is 38.9 Å². The van der Waals surface area contributed by atoms with Crippen molar-refractivity contribution in [1.29, 1.82) is 0 Å². The maximum atomic E-state index is 13.3. The molecule has 1 atom stereocenters. The second-order valence-electron chi connectivity index (χ2n) is 5.60. The van der Waals surface area contributed by atoms with Crippen LogP contribution in [0.4, 0.5) is 4.39 Å². The van der Waals surface area contributed by atoms with Crippen molar-refractivity contribution >= 4 is 0 Å². The van der Waals surface area contributed by atoms with Crippen LogP contribution in [0, 0.1) is 5.82 Å². The van der Waals surface area contributed by atoms with E-state index in [4.69, 9.17) is 4.74 Å². The number of aliphatic hydroxyl groups excluding tert-OH is 1. The van der Waals surface area contributed by atoms with E-state index in [1.165, 1.54) is 36.1 Å². The highest BCUT2D eigenvalue weighted by atomic mass is 19.1. The number of ether oxygens (including phenoxy) is 1. The number of aryl methyl sites for hydroxylation is 2. The van der Waals surface area contributed by atoms with Crippen LogP contribution in [0.5, 0.6) is 5.75 Å². The Kier molecular flexibility index (Phi) is 3.93. The summed E-state index contributed by atoms with van der Waals surface area (Å²) in [7, 11) is 0. The van der Waals surface area contributed by atoms with Crippen molar-refractivity contribution in [2.24, 2.45) is 0 Å². The zero-order valence-electron chi connectivity index (χ0n) is 12.1. The van der Waals surface area contributed by atoms with Crippen molar-refractivity contribution in [3.8, 4) is 5.75 Å². The number of fused-ring (bicyclic) bond motifs is 1.